The van der Waals surface area contributed by atoms with Crippen LogP contribution >= 0.6 is 0 Å². The topological polar surface area (TPSA) is 55.4 Å². The molecule has 1 saturated carbocycles. The van der Waals surface area contributed by atoms with E-state index in [-0.39, 0.29) is 0 Å². The Bertz CT molecular complexity index is 509. The highest BCUT2D eigenvalue weighted by molar-refractivity contribution is 7.90. The quantitative estimate of drug-likeness (QED) is 0.744. The van der Waals surface area contributed by atoms with E-state index in [0.29, 0.717) is 10.6 Å². The Labute approximate surface area is 115 Å². The number of nitrogens with one attached hydrogen (secondary N) is 1. The fourth-order valence-electron chi connectivity index (χ4n) is 1.87. The summed E-state index contributed by atoms with van der Waals surface area (Å²) in [4.78, 5) is 0.355. The molecule has 1 N–H and O–H groups in total. The Morgan fingerprint density at radius 1 is 1.32 bits per heavy atom. The first kappa shape index (κ1) is 14.3. The molecule has 0 aromatic heterocycles. The van der Waals surface area contributed by atoms with Crippen molar-refractivity contribution in [3.05, 3.63) is 24.3 Å². The van der Waals surface area contributed by atoms with E-state index in [9.17, 15) is 8.42 Å². The van der Waals surface area contributed by atoms with E-state index in [1.54, 1.807) is 18.2 Å². The van der Waals surface area contributed by atoms with Gasteiger partial charge in [0.2, 0.25) is 0 Å². The number of para-hydroxylation sites is 1. The summed E-state index contributed by atoms with van der Waals surface area (Å²) in [5.74, 6) is 0.791. The maximum atomic E-state index is 11.6. The maximum absolute atomic E-state index is 11.6. The zero-order valence-electron chi connectivity index (χ0n) is 11.3. The van der Waals surface area contributed by atoms with Gasteiger partial charge in [0.1, 0.15) is 0 Å². The van der Waals surface area contributed by atoms with Crippen LogP contribution in [0, 0.1) is 5.92 Å². The molecule has 1 aliphatic rings. The highest BCUT2D eigenvalue weighted by atomic mass is 32.2. The molecule has 4 nitrogen and oxygen atoms in total. The molecule has 2 rings (SSSR count). The number of hydrogen-bond donors (Lipinski definition) is 1. The van der Waals surface area contributed by atoms with Gasteiger partial charge in [-0.3, -0.25) is 0 Å². The first-order valence-electron chi connectivity index (χ1n) is 6.68. The third kappa shape index (κ3) is 4.84. The smallest absolute Gasteiger partial charge is 0.177 e. The van der Waals surface area contributed by atoms with Crippen molar-refractivity contribution in [2.45, 2.75) is 24.2 Å². The Hall–Kier alpha value is -1.07. The fourth-order valence-corrected chi connectivity index (χ4v) is 2.73. The van der Waals surface area contributed by atoms with Gasteiger partial charge < -0.3 is 10.1 Å². The van der Waals surface area contributed by atoms with Crippen molar-refractivity contribution in [3.8, 4) is 0 Å². The fraction of sp³-hybridized carbons (Fsp3) is 0.571. The number of sulfone groups is 1. The highest BCUT2D eigenvalue weighted by Gasteiger charge is 2.20. The molecule has 106 valence electrons. The molecule has 0 unspecified atom stereocenters. The molecule has 1 aromatic rings. The third-order valence-corrected chi connectivity index (χ3v) is 4.27. The van der Waals surface area contributed by atoms with Crippen LogP contribution in [0.5, 0.6) is 0 Å². The molecule has 0 radical (unpaired) electrons. The van der Waals surface area contributed by atoms with E-state index in [1.807, 2.05) is 6.07 Å². The summed E-state index contributed by atoms with van der Waals surface area (Å²) in [7, 11) is -3.18. The number of hydrogen-bond acceptors (Lipinski definition) is 4. The molecule has 0 heterocycles. The van der Waals surface area contributed by atoms with Crippen molar-refractivity contribution < 1.29 is 13.2 Å². The van der Waals surface area contributed by atoms with Crippen molar-refractivity contribution in [1.29, 1.82) is 0 Å². The predicted molar refractivity (Wildman–Crippen MR) is 76.2 cm³/mol. The minimum Gasteiger partial charge on any atom is -0.384 e. The molecule has 0 saturated heterocycles. The second-order valence-corrected chi connectivity index (χ2v) is 7.05. The number of anilines is 1. The largest absolute Gasteiger partial charge is 0.384 e. The van der Waals surface area contributed by atoms with Crippen LogP contribution in [0.3, 0.4) is 0 Å². The molecule has 5 heteroatoms. The Kier molecular flexibility index (Phi) is 4.82. The molecule has 0 atom stereocenters. The van der Waals surface area contributed by atoms with Gasteiger partial charge in [0.05, 0.1) is 10.6 Å². The van der Waals surface area contributed by atoms with Crippen molar-refractivity contribution >= 4 is 15.5 Å². The van der Waals surface area contributed by atoms with Crippen LogP contribution in [0.1, 0.15) is 19.3 Å². The number of ether oxygens (including phenoxy) is 1. The van der Waals surface area contributed by atoms with Gasteiger partial charge >= 0.3 is 0 Å². The lowest BCUT2D eigenvalue weighted by Gasteiger charge is -2.10. The molecule has 1 fully saturated rings. The van der Waals surface area contributed by atoms with E-state index in [1.165, 1.54) is 19.1 Å². The van der Waals surface area contributed by atoms with Crippen molar-refractivity contribution in [2.75, 3.05) is 31.3 Å². The monoisotopic (exact) mass is 283 g/mol. The van der Waals surface area contributed by atoms with Gasteiger partial charge in [-0.15, -0.1) is 0 Å². The van der Waals surface area contributed by atoms with Crippen LogP contribution in [0.4, 0.5) is 5.69 Å². The average Bonchev–Trinajstić information content (AvgIpc) is 3.17. The average molecular weight is 283 g/mol. The molecule has 19 heavy (non-hydrogen) atoms. The van der Waals surface area contributed by atoms with Gasteiger partial charge in [0.15, 0.2) is 9.84 Å². The summed E-state index contributed by atoms with van der Waals surface area (Å²) in [5.41, 5.74) is 0.673. The molecule has 1 aromatic carbocycles. The standard InChI is InChI=1S/C14H21NO3S/c1-19(16,17)14-6-3-2-5-13(14)15-9-4-10-18-11-12-7-8-12/h2-3,5-6,12,15H,4,7-11H2,1H3. The summed E-state index contributed by atoms with van der Waals surface area (Å²) in [5, 5.41) is 3.16. The van der Waals surface area contributed by atoms with Crippen LogP contribution in [-0.2, 0) is 14.6 Å². The Morgan fingerprint density at radius 3 is 2.74 bits per heavy atom. The van der Waals surface area contributed by atoms with E-state index in [4.69, 9.17) is 4.74 Å². The van der Waals surface area contributed by atoms with Crippen LogP contribution in [-0.4, -0.2) is 34.4 Å². The maximum Gasteiger partial charge on any atom is 0.177 e. The van der Waals surface area contributed by atoms with Crippen LogP contribution < -0.4 is 5.32 Å². The van der Waals surface area contributed by atoms with Gasteiger partial charge in [0.25, 0.3) is 0 Å². The second-order valence-electron chi connectivity index (χ2n) is 5.07. The van der Waals surface area contributed by atoms with Crippen LogP contribution in [0.15, 0.2) is 29.2 Å². The third-order valence-electron chi connectivity index (χ3n) is 3.12. The van der Waals surface area contributed by atoms with Crippen LogP contribution in [0.25, 0.3) is 0 Å². The zero-order valence-corrected chi connectivity index (χ0v) is 12.1. The molecule has 0 amide bonds. The number of rotatable bonds is 8. The molecular weight excluding hydrogens is 262 g/mol. The van der Waals surface area contributed by atoms with Gasteiger partial charge in [-0.2, -0.15) is 0 Å². The zero-order chi connectivity index (χ0) is 13.7. The lowest BCUT2D eigenvalue weighted by molar-refractivity contribution is 0.124. The Morgan fingerprint density at radius 2 is 2.05 bits per heavy atom. The van der Waals surface area contributed by atoms with E-state index >= 15 is 0 Å². The summed E-state index contributed by atoms with van der Waals surface area (Å²) >= 11 is 0. The van der Waals surface area contributed by atoms with E-state index < -0.39 is 9.84 Å². The molecule has 0 bridgehead atoms. The van der Waals surface area contributed by atoms with Crippen LogP contribution in [0.2, 0.25) is 0 Å². The molecule has 0 aliphatic heterocycles. The van der Waals surface area contributed by atoms with Crippen molar-refractivity contribution in [2.24, 2.45) is 5.92 Å². The minimum absolute atomic E-state index is 0.355. The second kappa shape index (κ2) is 6.39. The predicted octanol–water partition coefficient (Wildman–Crippen LogP) is 2.32. The SMILES string of the molecule is CS(=O)(=O)c1ccccc1NCCCOCC1CC1. The highest BCUT2D eigenvalue weighted by Crippen LogP contribution is 2.28. The lowest BCUT2D eigenvalue weighted by atomic mass is 10.3. The van der Waals surface area contributed by atoms with Gasteiger partial charge in [-0.05, 0) is 37.3 Å². The normalized spacial score (nSPS) is 15.4. The van der Waals surface area contributed by atoms with E-state index in [2.05, 4.69) is 5.32 Å². The molecular formula is C14H21NO3S. The summed E-state index contributed by atoms with van der Waals surface area (Å²) in [6.07, 6.45) is 4.72. The summed E-state index contributed by atoms with van der Waals surface area (Å²) < 4.78 is 28.7. The number of benzene rings is 1. The Balaban J connectivity index is 1.75. The summed E-state index contributed by atoms with van der Waals surface area (Å²) in [6, 6.07) is 6.99. The van der Waals surface area contributed by atoms with Crippen molar-refractivity contribution in [1.82, 2.24) is 0 Å². The summed E-state index contributed by atoms with van der Waals surface area (Å²) in [6.45, 7) is 2.32. The molecule has 0 spiro atoms. The first-order valence-corrected chi connectivity index (χ1v) is 8.57. The minimum atomic E-state index is -3.18. The van der Waals surface area contributed by atoms with Gasteiger partial charge in [0, 0.05) is 26.0 Å². The van der Waals surface area contributed by atoms with Crippen molar-refractivity contribution in [3.63, 3.8) is 0 Å². The molecule has 1 aliphatic carbocycles. The first-order chi connectivity index (χ1) is 9.07. The lowest BCUT2D eigenvalue weighted by Crippen LogP contribution is -2.10. The van der Waals surface area contributed by atoms with Gasteiger partial charge in [-0.1, -0.05) is 12.1 Å². The van der Waals surface area contributed by atoms with Gasteiger partial charge in [-0.25, -0.2) is 8.42 Å². The van der Waals surface area contributed by atoms with E-state index in [0.717, 1.165) is 32.1 Å².